The average molecular weight is 221 g/mol. The molecule has 2 aromatic rings. The van der Waals surface area contributed by atoms with Gasteiger partial charge in [-0.05, 0) is 25.1 Å². The third-order valence-electron chi connectivity index (χ3n) is 2.13. The second-order valence-electron chi connectivity index (χ2n) is 3.27. The van der Waals surface area contributed by atoms with E-state index in [1.807, 2.05) is 12.1 Å². The number of aromatic amines is 1. The molecule has 0 atom stereocenters. The highest BCUT2D eigenvalue weighted by atomic mass is 35.5. The SMILES string of the molecule is Cc1cc(-c2ccc(Cl)cc2)n[nH]c1=O. The summed E-state index contributed by atoms with van der Waals surface area (Å²) in [6, 6.07) is 9.06. The number of H-pyrrole nitrogens is 1. The number of nitrogens with one attached hydrogen (secondary N) is 1. The van der Waals surface area contributed by atoms with Gasteiger partial charge < -0.3 is 0 Å². The summed E-state index contributed by atoms with van der Waals surface area (Å²) in [7, 11) is 0. The molecule has 0 aliphatic rings. The van der Waals surface area contributed by atoms with Crippen molar-refractivity contribution in [1.29, 1.82) is 0 Å². The van der Waals surface area contributed by atoms with Crippen molar-refractivity contribution in [3.05, 3.63) is 51.3 Å². The maximum absolute atomic E-state index is 11.1. The molecule has 0 saturated carbocycles. The van der Waals surface area contributed by atoms with E-state index in [-0.39, 0.29) is 5.56 Å². The lowest BCUT2D eigenvalue weighted by atomic mass is 10.1. The van der Waals surface area contributed by atoms with Crippen molar-refractivity contribution in [2.75, 3.05) is 0 Å². The van der Waals surface area contributed by atoms with Crippen molar-refractivity contribution in [3.8, 4) is 11.3 Å². The van der Waals surface area contributed by atoms with Gasteiger partial charge in [0.2, 0.25) is 0 Å². The first-order valence-corrected chi connectivity index (χ1v) is 4.87. The highest BCUT2D eigenvalue weighted by Crippen LogP contribution is 2.18. The highest BCUT2D eigenvalue weighted by molar-refractivity contribution is 6.30. The van der Waals surface area contributed by atoms with E-state index in [4.69, 9.17) is 11.6 Å². The fourth-order valence-electron chi connectivity index (χ4n) is 1.27. The fraction of sp³-hybridized carbons (Fsp3) is 0.0909. The molecular formula is C11H9ClN2O. The van der Waals surface area contributed by atoms with Crippen molar-refractivity contribution >= 4 is 11.6 Å². The molecule has 1 heterocycles. The molecule has 0 radical (unpaired) electrons. The van der Waals surface area contributed by atoms with Crippen LogP contribution in [-0.2, 0) is 0 Å². The van der Waals surface area contributed by atoms with Gasteiger partial charge in [-0.2, -0.15) is 5.10 Å². The molecule has 1 aromatic carbocycles. The van der Waals surface area contributed by atoms with Gasteiger partial charge in [0.15, 0.2) is 0 Å². The van der Waals surface area contributed by atoms with Crippen LogP contribution in [-0.4, -0.2) is 10.2 Å². The van der Waals surface area contributed by atoms with Crippen LogP contribution in [0, 0.1) is 6.92 Å². The van der Waals surface area contributed by atoms with Gasteiger partial charge in [-0.25, -0.2) is 5.10 Å². The summed E-state index contributed by atoms with van der Waals surface area (Å²) in [4.78, 5) is 11.1. The molecule has 0 unspecified atom stereocenters. The minimum atomic E-state index is -0.160. The van der Waals surface area contributed by atoms with Gasteiger partial charge in [-0.3, -0.25) is 4.79 Å². The van der Waals surface area contributed by atoms with Crippen LogP contribution in [0.3, 0.4) is 0 Å². The molecule has 4 heteroatoms. The molecule has 15 heavy (non-hydrogen) atoms. The van der Waals surface area contributed by atoms with Crippen LogP contribution >= 0.6 is 11.6 Å². The summed E-state index contributed by atoms with van der Waals surface area (Å²) in [6.45, 7) is 1.75. The summed E-state index contributed by atoms with van der Waals surface area (Å²) in [5.41, 5.74) is 2.16. The first-order chi connectivity index (χ1) is 7.16. The van der Waals surface area contributed by atoms with E-state index in [0.29, 0.717) is 10.6 Å². The van der Waals surface area contributed by atoms with Crippen LogP contribution in [0.5, 0.6) is 0 Å². The lowest BCUT2D eigenvalue weighted by Crippen LogP contribution is -2.11. The van der Waals surface area contributed by atoms with E-state index in [1.165, 1.54) is 0 Å². The molecule has 1 aromatic heterocycles. The zero-order chi connectivity index (χ0) is 10.8. The van der Waals surface area contributed by atoms with Crippen LogP contribution in [0.2, 0.25) is 5.02 Å². The largest absolute Gasteiger partial charge is 0.268 e. The van der Waals surface area contributed by atoms with E-state index < -0.39 is 0 Å². The zero-order valence-corrected chi connectivity index (χ0v) is 8.88. The molecule has 0 amide bonds. The molecule has 76 valence electrons. The molecule has 0 bridgehead atoms. The average Bonchev–Trinajstić information content (AvgIpc) is 2.23. The minimum absolute atomic E-state index is 0.160. The van der Waals surface area contributed by atoms with E-state index in [0.717, 1.165) is 11.3 Å². The number of nitrogens with zero attached hydrogens (tertiary/aromatic N) is 1. The van der Waals surface area contributed by atoms with Gasteiger partial charge >= 0.3 is 0 Å². The summed E-state index contributed by atoms with van der Waals surface area (Å²) in [5.74, 6) is 0. The van der Waals surface area contributed by atoms with Crippen LogP contribution in [0.25, 0.3) is 11.3 Å². The molecule has 1 N–H and O–H groups in total. The van der Waals surface area contributed by atoms with Gasteiger partial charge in [-0.1, -0.05) is 23.7 Å². The smallest absolute Gasteiger partial charge is 0.267 e. The summed E-state index contributed by atoms with van der Waals surface area (Å²) < 4.78 is 0. The number of hydrogen-bond acceptors (Lipinski definition) is 2. The number of aryl methyl sites for hydroxylation is 1. The lowest BCUT2D eigenvalue weighted by molar-refractivity contribution is 0.976. The number of benzene rings is 1. The first kappa shape index (κ1) is 9.93. The Bertz CT molecular complexity index is 531. The number of aromatic nitrogens is 2. The second-order valence-corrected chi connectivity index (χ2v) is 3.71. The maximum Gasteiger partial charge on any atom is 0.267 e. The van der Waals surface area contributed by atoms with Crippen molar-refractivity contribution in [1.82, 2.24) is 10.2 Å². The van der Waals surface area contributed by atoms with Gasteiger partial charge in [0.25, 0.3) is 5.56 Å². The van der Waals surface area contributed by atoms with Crippen molar-refractivity contribution in [3.63, 3.8) is 0 Å². The molecule has 3 nitrogen and oxygen atoms in total. The predicted molar refractivity (Wildman–Crippen MR) is 60.0 cm³/mol. The number of hydrogen-bond donors (Lipinski definition) is 1. The molecule has 0 spiro atoms. The van der Waals surface area contributed by atoms with E-state index >= 15 is 0 Å². The van der Waals surface area contributed by atoms with Gasteiger partial charge in [0.1, 0.15) is 0 Å². The maximum atomic E-state index is 11.1. The van der Waals surface area contributed by atoms with Crippen molar-refractivity contribution < 1.29 is 0 Å². The molecule has 0 saturated heterocycles. The molecule has 0 aliphatic carbocycles. The standard InChI is InChI=1S/C11H9ClN2O/c1-7-6-10(13-14-11(7)15)8-2-4-9(12)5-3-8/h2-6H,1H3,(H,14,15). The minimum Gasteiger partial charge on any atom is -0.268 e. The normalized spacial score (nSPS) is 10.3. The Balaban J connectivity index is 2.50. The van der Waals surface area contributed by atoms with Crippen molar-refractivity contribution in [2.24, 2.45) is 0 Å². The van der Waals surface area contributed by atoms with E-state index in [1.54, 1.807) is 25.1 Å². The topological polar surface area (TPSA) is 45.8 Å². The van der Waals surface area contributed by atoms with Crippen LogP contribution in [0.15, 0.2) is 35.1 Å². The van der Waals surface area contributed by atoms with Crippen LogP contribution < -0.4 is 5.56 Å². The quantitative estimate of drug-likeness (QED) is 0.802. The predicted octanol–water partition coefficient (Wildman–Crippen LogP) is 2.40. The third-order valence-corrected chi connectivity index (χ3v) is 2.38. The van der Waals surface area contributed by atoms with Gasteiger partial charge in [0, 0.05) is 16.1 Å². The fourth-order valence-corrected chi connectivity index (χ4v) is 1.40. The van der Waals surface area contributed by atoms with Gasteiger partial charge in [0.05, 0.1) is 5.69 Å². The Morgan fingerprint density at radius 1 is 1.27 bits per heavy atom. The Morgan fingerprint density at radius 3 is 2.53 bits per heavy atom. The monoisotopic (exact) mass is 220 g/mol. The number of rotatable bonds is 1. The second kappa shape index (κ2) is 3.87. The van der Waals surface area contributed by atoms with Crippen molar-refractivity contribution in [2.45, 2.75) is 6.92 Å². The zero-order valence-electron chi connectivity index (χ0n) is 8.12. The van der Waals surface area contributed by atoms with Crippen LogP contribution in [0.1, 0.15) is 5.56 Å². The Hall–Kier alpha value is -1.61. The molecule has 0 fully saturated rings. The van der Waals surface area contributed by atoms with Crippen LogP contribution in [0.4, 0.5) is 0 Å². The summed E-state index contributed by atoms with van der Waals surface area (Å²) in [5, 5.41) is 7.08. The Morgan fingerprint density at radius 2 is 1.93 bits per heavy atom. The molecule has 2 rings (SSSR count). The Kier molecular flexibility index (Phi) is 2.56. The Labute approximate surface area is 91.7 Å². The molecular weight excluding hydrogens is 212 g/mol. The van der Waals surface area contributed by atoms with E-state index in [9.17, 15) is 4.79 Å². The third kappa shape index (κ3) is 2.07. The van der Waals surface area contributed by atoms with Gasteiger partial charge in [-0.15, -0.1) is 0 Å². The lowest BCUT2D eigenvalue weighted by Gasteiger charge is -2.00. The highest BCUT2D eigenvalue weighted by Gasteiger charge is 2.01. The van der Waals surface area contributed by atoms with E-state index in [2.05, 4.69) is 10.2 Å². The summed E-state index contributed by atoms with van der Waals surface area (Å²) in [6.07, 6.45) is 0. The summed E-state index contributed by atoms with van der Waals surface area (Å²) >= 11 is 5.78. The number of halogens is 1. The first-order valence-electron chi connectivity index (χ1n) is 4.49. The molecule has 0 aliphatic heterocycles.